The van der Waals surface area contributed by atoms with E-state index >= 15 is 0 Å². The molecule has 3 aliphatic heterocycles. The molecule has 0 radical (unpaired) electrons. The minimum Gasteiger partial charge on any atom is -0.394 e. The zero-order valence-corrected chi connectivity index (χ0v) is 68.2. The quantitative estimate of drug-likeness (QED) is 0.0199. The Bertz CT molecular complexity index is 2020. The van der Waals surface area contributed by atoms with Crippen LogP contribution in [0.2, 0.25) is 0 Å². The summed E-state index contributed by atoms with van der Waals surface area (Å²) in [6.45, 7) is 1.79. The van der Waals surface area contributed by atoms with Crippen molar-refractivity contribution in [2.24, 2.45) is 0 Å². The molecular formula is C88H167NO18. The first-order valence-corrected chi connectivity index (χ1v) is 45.1. The zero-order valence-electron chi connectivity index (χ0n) is 68.2. The fourth-order valence-corrected chi connectivity index (χ4v) is 15.6. The Balaban J connectivity index is 1.32. The van der Waals surface area contributed by atoms with Crippen LogP contribution in [0.15, 0.2) is 24.3 Å². The lowest BCUT2D eigenvalue weighted by molar-refractivity contribution is -0.379. The lowest BCUT2D eigenvalue weighted by Crippen LogP contribution is -2.66. The maximum atomic E-state index is 13.5. The molecule has 0 aromatic carbocycles. The molecule has 12 N–H and O–H groups in total. The minimum atomic E-state index is -1.98. The molecule has 0 spiro atoms. The van der Waals surface area contributed by atoms with Crippen molar-refractivity contribution < 1.29 is 89.4 Å². The SMILES string of the molecule is CCCCCCCCCCCCCCCCCCCCC/C=C/CC/C=C/C(O)C(COC1OC(CO)C(OC2OC(CO)C(OC3OC(CO)C(O)C(O)C3O)C(O)C2O)C(O)C1O)NC(=O)CCCCCCCCCCCCCCCCCCCCCCCCCCCCCCCCCCCCCCC. The largest absolute Gasteiger partial charge is 0.394 e. The molecule has 1 amide bonds. The van der Waals surface area contributed by atoms with E-state index in [-0.39, 0.29) is 18.9 Å². The van der Waals surface area contributed by atoms with Crippen molar-refractivity contribution in [3.63, 3.8) is 0 Å². The monoisotopic (exact) mass is 1530 g/mol. The van der Waals surface area contributed by atoms with Crippen LogP contribution in [0.25, 0.3) is 0 Å². The Labute approximate surface area is 651 Å². The molecule has 3 fully saturated rings. The Morgan fingerprint density at radius 1 is 0.327 bits per heavy atom. The van der Waals surface area contributed by atoms with Gasteiger partial charge in [-0.3, -0.25) is 4.79 Å². The molecule has 107 heavy (non-hydrogen) atoms. The zero-order chi connectivity index (χ0) is 77.4. The fourth-order valence-electron chi connectivity index (χ4n) is 15.6. The van der Waals surface area contributed by atoms with E-state index in [1.54, 1.807) is 6.08 Å². The van der Waals surface area contributed by atoms with Gasteiger partial charge in [0.25, 0.3) is 0 Å². The Hall–Kier alpha value is -1.73. The molecule has 3 aliphatic rings. The first-order valence-electron chi connectivity index (χ1n) is 45.1. The number of rotatable bonds is 74. The predicted molar refractivity (Wildman–Crippen MR) is 430 cm³/mol. The lowest BCUT2D eigenvalue weighted by atomic mass is 9.96. The van der Waals surface area contributed by atoms with Crippen LogP contribution in [0, 0.1) is 0 Å². The second-order valence-electron chi connectivity index (χ2n) is 32.4. The third kappa shape index (κ3) is 47.7. The summed E-state index contributed by atoms with van der Waals surface area (Å²) in [6, 6.07) is -0.989. The van der Waals surface area contributed by atoms with Gasteiger partial charge < -0.3 is 89.9 Å². The number of aliphatic hydroxyl groups is 11. The van der Waals surface area contributed by atoms with E-state index in [9.17, 15) is 61.0 Å². The van der Waals surface area contributed by atoms with Gasteiger partial charge in [-0.1, -0.05) is 385 Å². The number of ether oxygens (including phenoxy) is 6. The molecule has 3 heterocycles. The van der Waals surface area contributed by atoms with E-state index in [2.05, 4.69) is 31.3 Å². The Morgan fingerprint density at radius 3 is 0.935 bits per heavy atom. The van der Waals surface area contributed by atoms with Gasteiger partial charge in [-0.15, -0.1) is 0 Å². The summed E-state index contributed by atoms with van der Waals surface area (Å²) in [6.07, 6.45) is 59.2. The third-order valence-electron chi connectivity index (χ3n) is 22.8. The number of unbranched alkanes of at least 4 members (excludes halogenated alkanes) is 56. The lowest BCUT2D eigenvalue weighted by Gasteiger charge is -2.48. The first-order chi connectivity index (χ1) is 52.3. The topological polar surface area (TPSA) is 307 Å². The predicted octanol–water partition coefficient (Wildman–Crippen LogP) is 16.9. The van der Waals surface area contributed by atoms with Gasteiger partial charge in [-0.05, 0) is 32.1 Å². The van der Waals surface area contributed by atoms with Crippen molar-refractivity contribution in [2.75, 3.05) is 26.4 Å². The van der Waals surface area contributed by atoms with Crippen molar-refractivity contribution in [2.45, 2.75) is 503 Å². The maximum Gasteiger partial charge on any atom is 0.220 e. The molecule has 0 saturated carbocycles. The van der Waals surface area contributed by atoms with Crippen LogP contribution in [0.3, 0.4) is 0 Å². The summed E-state index contributed by atoms with van der Waals surface area (Å²) < 4.78 is 34.5. The molecule has 0 bridgehead atoms. The normalized spacial score (nSPS) is 25.6. The van der Waals surface area contributed by atoms with Gasteiger partial charge in [0.1, 0.15) is 73.2 Å². The highest BCUT2D eigenvalue weighted by atomic mass is 16.8. The Kier molecular flexibility index (Phi) is 63.8. The van der Waals surface area contributed by atoms with E-state index in [1.807, 2.05) is 6.08 Å². The number of carbonyl (C=O) groups is 1. The molecule has 0 aromatic rings. The molecule has 19 heteroatoms. The summed E-state index contributed by atoms with van der Waals surface area (Å²) in [4.78, 5) is 13.5. The second kappa shape index (κ2) is 68.7. The number of aliphatic hydroxyl groups excluding tert-OH is 11. The van der Waals surface area contributed by atoms with Gasteiger partial charge in [0.2, 0.25) is 5.91 Å². The average molecular weight is 1530 g/mol. The highest BCUT2D eigenvalue weighted by Gasteiger charge is 2.54. The summed E-state index contributed by atoms with van der Waals surface area (Å²) in [7, 11) is 0. The number of hydrogen-bond acceptors (Lipinski definition) is 18. The van der Waals surface area contributed by atoms with Crippen LogP contribution in [-0.2, 0) is 33.2 Å². The molecular weight excluding hydrogens is 1360 g/mol. The summed E-state index contributed by atoms with van der Waals surface area (Å²) >= 11 is 0. The average Bonchev–Trinajstić information content (AvgIpc) is 0.782. The molecule has 17 unspecified atom stereocenters. The van der Waals surface area contributed by atoms with Crippen LogP contribution >= 0.6 is 0 Å². The van der Waals surface area contributed by atoms with Crippen LogP contribution in [0.5, 0.6) is 0 Å². The standard InChI is InChI=1S/C88H167NO18/c1-3-5-7-9-11-13-15-17-19-21-23-25-27-29-30-31-32-33-34-35-36-37-38-39-40-42-44-46-48-50-52-54-56-58-60-62-64-66-76(94)89-71(72(93)65-63-61-59-57-55-53-51-49-47-45-43-41-28-26-24-22-20-18-16-14-12-10-8-6-4-2)70-102-86-82(100)79(97)84(74(68-91)104-86)107-88-83(101)80(98)85(75(69-92)105-88)106-87-81(99)78(96)77(95)73(67-90)103-87/h55,57,63,65,71-75,77-88,90-93,95-101H,3-54,56,58-62,64,66-70H2,1-2H3,(H,89,94)/b57-55+,65-63+. The molecule has 3 saturated heterocycles. The van der Waals surface area contributed by atoms with Crippen LogP contribution in [-0.4, -0.2) is 193 Å². The Morgan fingerprint density at radius 2 is 0.598 bits per heavy atom. The summed E-state index contributed by atoms with van der Waals surface area (Å²) in [5.41, 5.74) is 0. The third-order valence-corrected chi connectivity index (χ3v) is 22.8. The number of hydrogen-bond donors (Lipinski definition) is 12. The fraction of sp³-hybridized carbons (Fsp3) is 0.943. The van der Waals surface area contributed by atoms with Gasteiger partial charge in [0.15, 0.2) is 18.9 Å². The number of carbonyl (C=O) groups excluding carboxylic acids is 1. The van der Waals surface area contributed by atoms with Crippen molar-refractivity contribution in [3.8, 4) is 0 Å². The summed E-state index contributed by atoms with van der Waals surface area (Å²) in [5.74, 6) is -0.276. The van der Waals surface area contributed by atoms with Crippen molar-refractivity contribution >= 4 is 5.91 Å². The second-order valence-corrected chi connectivity index (χ2v) is 32.4. The number of amides is 1. The van der Waals surface area contributed by atoms with E-state index in [4.69, 9.17) is 28.4 Å². The van der Waals surface area contributed by atoms with E-state index < -0.39 is 124 Å². The highest BCUT2D eigenvalue weighted by molar-refractivity contribution is 5.76. The molecule has 19 nitrogen and oxygen atoms in total. The smallest absolute Gasteiger partial charge is 0.220 e. The maximum absolute atomic E-state index is 13.5. The minimum absolute atomic E-state index is 0.241. The van der Waals surface area contributed by atoms with Crippen molar-refractivity contribution in [1.29, 1.82) is 0 Å². The van der Waals surface area contributed by atoms with Gasteiger partial charge >= 0.3 is 0 Å². The molecule has 632 valence electrons. The summed E-state index contributed by atoms with van der Waals surface area (Å²) in [5, 5.41) is 121. The number of allylic oxidation sites excluding steroid dienone is 3. The van der Waals surface area contributed by atoms with Crippen molar-refractivity contribution in [3.05, 3.63) is 24.3 Å². The van der Waals surface area contributed by atoms with E-state index in [0.717, 1.165) is 38.5 Å². The van der Waals surface area contributed by atoms with Gasteiger partial charge in [-0.25, -0.2) is 0 Å². The van der Waals surface area contributed by atoms with Gasteiger partial charge in [0, 0.05) is 6.42 Å². The molecule has 0 aromatic heterocycles. The van der Waals surface area contributed by atoms with E-state index in [0.29, 0.717) is 12.8 Å². The van der Waals surface area contributed by atoms with Gasteiger partial charge in [-0.2, -0.15) is 0 Å². The first kappa shape index (κ1) is 99.5. The van der Waals surface area contributed by atoms with Crippen LogP contribution < -0.4 is 5.32 Å². The van der Waals surface area contributed by atoms with Crippen LogP contribution in [0.1, 0.15) is 399 Å². The highest BCUT2D eigenvalue weighted by Crippen LogP contribution is 2.34. The van der Waals surface area contributed by atoms with E-state index in [1.165, 1.54) is 327 Å². The van der Waals surface area contributed by atoms with Crippen LogP contribution in [0.4, 0.5) is 0 Å². The van der Waals surface area contributed by atoms with Gasteiger partial charge in [0.05, 0.1) is 38.6 Å². The molecule has 3 rings (SSSR count). The molecule has 0 aliphatic carbocycles. The molecule has 17 atom stereocenters. The number of nitrogens with one attached hydrogen (secondary N) is 1. The van der Waals surface area contributed by atoms with Crippen molar-refractivity contribution in [1.82, 2.24) is 5.32 Å².